The molecule has 0 saturated heterocycles. The van der Waals surface area contributed by atoms with Gasteiger partial charge in [-0.1, -0.05) is 52.8 Å². The van der Waals surface area contributed by atoms with Gasteiger partial charge in [0, 0.05) is 49.8 Å². The molecule has 326 valence electrons. The van der Waals surface area contributed by atoms with E-state index in [1.54, 1.807) is 23.9 Å². The van der Waals surface area contributed by atoms with Gasteiger partial charge in [-0.25, -0.2) is 4.18 Å². The number of rotatable bonds is 16. The number of aromatic nitrogens is 12. The molecule has 0 aliphatic carbocycles. The summed E-state index contributed by atoms with van der Waals surface area (Å²) in [5.74, 6) is -0.307. The van der Waals surface area contributed by atoms with Crippen LogP contribution in [0.3, 0.4) is 0 Å². The van der Waals surface area contributed by atoms with Gasteiger partial charge in [-0.05, 0) is 42.5 Å². The number of hydrogen-bond donors (Lipinski definition) is 2. The van der Waals surface area contributed by atoms with Crippen LogP contribution in [-0.4, -0.2) is 103 Å². The summed E-state index contributed by atoms with van der Waals surface area (Å²) in [7, 11) is -5.83. The molecule has 1 atom stereocenters. The highest BCUT2D eigenvalue weighted by Crippen LogP contribution is 2.30. The second-order valence-electron chi connectivity index (χ2n) is 13.5. The average Bonchev–Trinajstić information content (AvgIpc) is 4.00. The first-order valence-corrected chi connectivity index (χ1v) is 21.9. The van der Waals surface area contributed by atoms with Crippen LogP contribution in [-0.2, 0) is 41.6 Å². The summed E-state index contributed by atoms with van der Waals surface area (Å²) in [6.45, 7) is -0.670. The van der Waals surface area contributed by atoms with Crippen molar-refractivity contribution in [2.75, 3.05) is 41.6 Å². The predicted molar refractivity (Wildman–Crippen MR) is 228 cm³/mol. The average molecular weight is 907 g/mol. The fourth-order valence-corrected chi connectivity index (χ4v) is 8.01. The van der Waals surface area contributed by atoms with Crippen molar-refractivity contribution in [1.82, 2.24) is 60.2 Å². The van der Waals surface area contributed by atoms with Crippen molar-refractivity contribution in [3.63, 3.8) is 0 Å². The summed E-state index contributed by atoms with van der Waals surface area (Å²) in [4.78, 5) is 46.3. The van der Waals surface area contributed by atoms with E-state index in [0.717, 1.165) is 11.4 Å². The molecule has 64 heavy (non-hydrogen) atoms. The Morgan fingerprint density at radius 1 is 0.625 bits per heavy atom. The summed E-state index contributed by atoms with van der Waals surface area (Å²) < 4.78 is 74.2. The number of nitrogens with two attached hydrogens (primary N) is 2. The zero-order chi connectivity index (χ0) is 45.0. The molecule has 0 aliphatic heterocycles. The quantitative estimate of drug-likeness (QED) is 0.131. The van der Waals surface area contributed by atoms with Crippen LogP contribution >= 0.6 is 0 Å². The summed E-state index contributed by atoms with van der Waals surface area (Å²) in [5, 5.41) is 7.98. The van der Waals surface area contributed by atoms with Gasteiger partial charge in [0.25, 0.3) is 32.0 Å². The number of hydrogen-bond acceptors (Lipinski definition) is 24. The molecule has 0 aliphatic rings. The topological polar surface area (TPSA) is 326 Å². The second-order valence-corrected chi connectivity index (χ2v) is 16.8. The van der Waals surface area contributed by atoms with Gasteiger partial charge in [0.1, 0.15) is 5.69 Å². The number of pyridine rings is 2. The van der Waals surface area contributed by atoms with Crippen molar-refractivity contribution in [2.45, 2.75) is 18.5 Å². The molecule has 0 fully saturated rings. The highest BCUT2D eigenvalue weighted by atomic mass is 32.2. The van der Waals surface area contributed by atoms with E-state index in [9.17, 15) is 16.8 Å². The van der Waals surface area contributed by atoms with Crippen LogP contribution in [0.5, 0.6) is 0 Å². The molecule has 6 aromatic heterocycles. The van der Waals surface area contributed by atoms with E-state index in [0.29, 0.717) is 6.26 Å². The summed E-state index contributed by atoms with van der Waals surface area (Å²) in [6, 6.07) is 24.6. The third-order valence-electron chi connectivity index (χ3n) is 8.98. The van der Waals surface area contributed by atoms with Crippen LogP contribution in [0.15, 0.2) is 106 Å². The molecule has 26 heteroatoms. The minimum absolute atomic E-state index is 0.00395. The van der Waals surface area contributed by atoms with Gasteiger partial charge < -0.3 is 30.3 Å². The minimum Gasteiger partial charge on any atom is -0.368 e. The monoisotopic (exact) mass is 906 g/mol. The molecular weight excluding hydrogens is 873 g/mol. The third kappa shape index (κ3) is 9.73. The lowest BCUT2D eigenvalue weighted by atomic mass is 10.1. The maximum absolute atomic E-state index is 13.9. The largest absolute Gasteiger partial charge is 0.368 e. The van der Waals surface area contributed by atoms with Crippen LogP contribution < -0.4 is 21.3 Å². The van der Waals surface area contributed by atoms with Gasteiger partial charge in [-0.3, -0.25) is 14.2 Å². The Bertz CT molecular complexity index is 3160. The maximum atomic E-state index is 13.9. The van der Waals surface area contributed by atoms with Crippen LogP contribution in [0, 0.1) is 0 Å². The Morgan fingerprint density at radius 3 is 1.73 bits per heavy atom. The molecule has 0 bridgehead atoms. The molecule has 0 spiro atoms. The fraction of sp³-hybridized carbons (Fsp3) is 0.158. The van der Waals surface area contributed by atoms with Crippen LogP contribution in [0.25, 0.3) is 46.3 Å². The highest BCUT2D eigenvalue weighted by Gasteiger charge is 2.34. The first-order chi connectivity index (χ1) is 30.7. The molecule has 6 heterocycles. The van der Waals surface area contributed by atoms with Crippen LogP contribution in [0.4, 0.5) is 35.2 Å². The number of benzene rings is 2. The summed E-state index contributed by atoms with van der Waals surface area (Å²) >= 11 is 0. The van der Waals surface area contributed by atoms with Crippen molar-refractivity contribution in [3.05, 3.63) is 109 Å². The Hall–Kier alpha value is -7.94. The van der Waals surface area contributed by atoms with Gasteiger partial charge >= 0.3 is 0 Å². The fourth-order valence-electron chi connectivity index (χ4n) is 5.93. The van der Waals surface area contributed by atoms with Gasteiger partial charge in [0.2, 0.25) is 52.5 Å². The molecule has 0 saturated carbocycles. The van der Waals surface area contributed by atoms with Crippen LogP contribution in [0.2, 0.25) is 0 Å². The Kier molecular flexibility index (Phi) is 11.9. The van der Waals surface area contributed by atoms with E-state index in [1.807, 2.05) is 60.7 Å². The first-order valence-electron chi connectivity index (χ1n) is 18.6. The highest BCUT2D eigenvalue weighted by molar-refractivity contribution is 7.89. The zero-order valence-corrected chi connectivity index (χ0v) is 35.4. The lowest BCUT2D eigenvalue weighted by Gasteiger charge is -2.17. The van der Waals surface area contributed by atoms with Gasteiger partial charge in [0.15, 0.2) is 0 Å². The Morgan fingerprint density at radius 2 is 1.16 bits per heavy atom. The van der Waals surface area contributed by atoms with Crippen molar-refractivity contribution >= 4 is 55.4 Å². The van der Waals surface area contributed by atoms with Crippen molar-refractivity contribution < 1.29 is 34.2 Å². The van der Waals surface area contributed by atoms with E-state index in [4.69, 9.17) is 28.9 Å². The lowest BCUT2D eigenvalue weighted by Crippen LogP contribution is -2.31. The van der Waals surface area contributed by atoms with E-state index < -0.39 is 38.7 Å². The molecular formula is C38H34N16O8S2. The normalized spacial score (nSPS) is 12.2. The molecule has 24 nitrogen and oxygen atoms in total. The lowest BCUT2D eigenvalue weighted by molar-refractivity contribution is 0.230. The maximum Gasteiger partial charge on any atom is 0.296 e. The number of nitrogen functional groups attached to an aromatic ring is 2. The number of para-hydroxylation sites is 2. The summed E-state index contributed by atoms with van der Waals surface area (Å²) in [5.41, 5.74) is 11.8. The Balaban J connectivity index is 1.02. The van der Waals surface area contributed by atoms with Gasteiger partial charge in [0.05, 0.1) is 24.1 Å². The standard InChI is InChI=1S/C38H34N16O8S2/c1-53(23-13-6-4-7-14-23)37-47-29(45-35(39)49-37)31-43-33(60-51-31)25-17-11-18-41-26(25)20-27(62-63(3,55)56)64(57,58)59-21-22-12-10-19-42-28(22)34-44-32(52-61-34)30-46-36(40)50-38(48-30)54(2)24-15-8-5-9-16-24/h4-19,27H,20-21H2,1-3H3,(H2,39,45,47,49)(H2,40,46,48,50). The van der Waals surface area contributed by atoms with E-state index in [-0.39, 0.29) is 81.4 Å². The molecule has 2 aromatic carbocycles. The van der Waals surface area contributed by atoms with E-state index in [1.165, 1.54) is 36.7 Å². The van der Waals surface area contributed by atoms with Crippen LogP contribution in [0.1, 0.15) is 11.3 Å². The first kappa shape index (κ1) is 42.7. The Labute approximate surface area is 363 Å². The van der Waals surface area contributed by atoms with Crippen molar-refractivity contribution in [3.8, 4) is 46.3 Å². The molecule has 0 amide bonds. The third-order valence-corrected chi connectivity index (χ3v) is 11.0. The van der Waals surface area contributed by atoms with Gasteiger partial charge in [-0.2, -0.15) is 56.7 Å². The molecule has 8 rings (SSSR count). The molecule has 0 radical (unpaired) electrons. The number of anilines is 6. The van der Waals surface area contributed by atoms with E-state index >= 15 is 0 Å². The SMILES string of the molecule is CN(c1ccccc1)c1nc(N)nc(-c2noc(-c3cccnc3CC(OS(C)(=O)=O)S(=O)(=O)OCc3cccnc3-c3nc(-c4nc(N)nc(N(C)c5ccccc5)n4)no3)n2)n1. The molecule has 4 N–H and O–H groups in total. The van der Waals surface area contributed by atoms with Crippen molar-refractivity contribution in [1.29, 1.82) is 0 Å². The smallest absolute Gasteiger partial charge is 0.296 e. The molecule has 8 aromatic rings. The van der Waals surface area contributed by atoms with E-state index in [2.05, 4.69) is 60.2 Å². The summed E-state index contributed by atoms with van der Waals surface area (Å²) in [6.07, 6.45) is 2.80. The predicted octanol–water partition coefficient (Wildman–Crippen LogP) is 3.37. The zero-order valence-electron chi connectivity index (χ0n) is 33.7. The molecule has 1 unspecified atom stereocenters. The number of nitrogens with zero attached hydrogens (tertiary/aromatic N) is 14. The van der Waals surface area contributed by atoms with Gasteiger partial charge in [-0.15, -0.1) is 0 Å². The minimum atomic E-state index is -4.90. The van der Waals surface area contributed by atoms with Crippen molar-refractivity contribution in [2.24, 2.45) is 0 Å². The second kappa shape index (κ2) is 17.8.